The molecule has 0 aliphatic carbocycles. The fourth-order valence-corrected chi connectivity index (χ4v) is 1.25. The van der Waals surface area contributed by atoms with Gasteiger partial charge in [-0.05, 0) is 19.3 Å². The van der Waals surface area contributed by atoms with Gasteiger partial charge in [-0.25, -0.2) is 0 Å². The third-order valence-corrected chi connectivity index (χ3v) is 2.14. The number of nitrogens with one attached hydrogen (secondary N) is 2. The monoisotopic (exact) mass is 359 g/mol. The van der Waals surface area contributed by atoms with Crippen LogP contribution in [0.1, 0.15) is 19.3 Å². The minimum Gasteiger partial charge on any atom is -0.385 e. The molecule has 0 spiro atoms. The van der Waals surface area contributed by atoms with Gasteiger partial charge >= 0.3 is 0 Å². The molecule has 0 heterocycles. The molecule has 0 saturated heterocycles. The molecule has 0 unspecified atom stereocenters. The van der Waals surface area contributed by atoms with Crippen molar-refractivity contribution in [1.29, 1.82) is 0 Å². The van der Waals surface area contributed by atoms with E-state index in [4.69, 9.17) is 9.47 Å². The van der Waals surface area contributed by atoms with Gasteiger partial charge in [-0.15, -0.1) is 24.0 Å². The molecule has 0 aromatic rings. The number of ether oxygens (including phenoxy) is 2. The third-order valence-electron chi connectivity index (χ3n) is 2.14. The normalized spacial score (nSPS) is 10.9. The Morgan fingerprint density at radius 2 is 1.59 bits per heavy atom. The molecule has 5 nitrogen and oxygen atoms in total. The Kier molecular flexibility index (Phi) is 18.0. The lowest BCUT2D eigenvalue weighted by Gasteiger charge is -2.11. The minimum absolute atomic E-state index is 0. The van der Waals surface area contributed by atoms with Crippen LogP contribution in [-0.4, -0.2) is 53.5 Å². The van der Waals surface area contributed by atoms with Crippen molar-refractivity contribution in [3.63, 3.8) is 0 Å². The van der Waals surface area contributed by atoms with Crippen LogP contribution in [0.3, 0.4) is 0 Å². The van der Waals surface area contributed by atoms with Crippen LogP contribution in [0.5, 0.6) is 0 Å². The molecule has 0 amide bonds. The molecule has 0 fully saturated rings. The van der Waals surface area contributed by atoms with E-state index in [-0.39, 0.29) is 24.0 Å². The zero-order valence-electron chi connectivity index (χ0n) is 11.1. The van der Waals surface area contributed by atoms with Crippen LogP contribution in [-0.2, 0) is 9.47 Å². The second kappa shape index (κ2) is 15.9. The predicted molar refractivity (Wildman–Crippen MR) is 82.4 cm³/mol. The second-order valence-electron chi connectivity index (χ2n) is 3.47. The van der Waals surface area contributed by atoms with Crippen LogP contribution in [0.4, 0.5) is 0 Å². The maximum absolute atomic E-state index is 4.99. The highest BCUT2D eigenvalue weighted by molar-refractivity contribution is 14.0. The molecule has 0 bridgehead atoms. The van der Waals surface area contributed by atoms with Gasteiger partial charge in [0.25, 0.3) is 0 Å². The number of halogens is 1. The van der Waals surface area contributed by atoms with Gasteiger partial charge in [0.2, 0.25) is 0 Å². The molecule has 17 heavy (non-hydrogen) atoms. The highest BCUT2D eigenvalue weighted by atomic mass is 127. The summed E-state index contributed by atoms with van der Waals surface area (Å²) >= 11 is 0. The minimum atomic E-state index is 0. The first-order valence-electron chi connectivity index (χ1n) is 5.77. The number of hydrogen-bond donors (Lipinski definition) is 2. The molecule has 2 N–H and O–H groups in total. The standard InChI is InChI=1S/C11H25N3O2.HI/c1-12-11(14-8-10-16-3)13-7-5-4-6-9-15-2;/h4-10H2,1-3H3,(H2,12,13,14);1H. The van der Waals surface area contributed by atoms with E-state index in [0.717, 1.165) is 38.5 Å². The summed E-state index contributed by atoms with van der Waals surface area (Å²) in [4.78, 5) is 4.11. The lowest BCUT2D eigenvalue weighted by atomic mass is 10.2. The molecule has 0 aliphatic heterocycles. The Labute approximate surface area is 122 Å². The van der Waals surface area contributed by atoms with Crippen molar-refractivity contribution in [2.75, 3.05) is 47.6 Å². The molecule has 0 atom stereocenters. The summed E-state index contributed by atoms with van der Waals surface area (Å²) in [5, 5.41) is 6.41. The van der Waals surface area contributed by atoms with Crippen molar-refractivity contribution in [2.45, 2.75) is 19.3 Å². The average Bonchev–Trinajstić information content (AvgIpc) is 2.31. The van der Waals surface area contributed by atoms with Gasteiger partial charge < -0.3 is 20.1 Å². The van der Waals surface area contributed by atoms with Crippen molar-refractivity contribution >= 4 is 29.9 Å². The van der Waals surface area contributed by atoms with Crippen LogP contribution >= 0.6 is 24.0 Å². The van der Waals surface area contributed by atoms with Crippen LogP contribution in [0.15, 0.2) is 4.99 Å². The fraction of sp³-hybridized carbons (Fsp3) is 0.909. The topological polar surface area (TPSA) is 54.9 Å². The van der Waals surface area contributed by atoms with Gasteiger partial charge in [0.1, 0.15) is 0 Å². The van der Waals surface area contributed by atoms with E-state index in [9.17, 15) is 0 Å². The molecule has 6 heteroatoms. The highest BCUT2D eigenvalue weighted by Gasteiger charge is 1.95. The maximum Gasteiger partial charge on any atom is 0.191 e. The van der Waals surface area contributed by atoms with Crippen molar-refractivity contribution in [3.05, 3.63) is 0 Å². The zero-order valence-corrected chi connectivity index (χ0v) is 13.5. The van der Waals surface area contributed by atoms with Gasteiger partial charge in [-0.3, -0.25) is 4.99 Å². The largest absolute Gasteiger partial charge is 0.385 e. The summed E-state index contributed by atoms with van der Waals surface area (Å²) in [7, 11) is 5.19. The number of nitrogens with zero attached hydrogens (tertiary/aromatic N) is 1. The van der Waals surface area contributed by atoms with Gasteiger partial charge in [-0.2, -0.15) is 0 Å². The van der Waals surface area contributed by atoms with Crippen molar-refractivity contribution in [2.24, 2.45) is 4.99 Å². The molecule has 0 radical (unpaired) electrons. The summed E-state index contributed by atoms with van der Waals surface area (Å²) in [6, 6.07) is 0. The van der Waals surface area contributed by atoms with Crippen LogP contribution < -0.4 is 10.6 Å². The quantitative estimate of drug-likeness (QED) is 0.282. The van der Waals surface area contributed by atoms with Crippen LogP contribution in [0, 0.1) is 0 Å². The third kappa shape index (κ3) is 13.9. The summed E-state index contributed by atoms with van der Waals surface area (Å²) < 4.78 is 9.93. The van der Waals surface area contributed by atoms with Crippen LogP contribution in [0.2, 0.25) is 0 Å². The fourth-order valence-electron chi connectivity index (χ4n) is 1.25. The van der Waals surface area contributed by atoms with Gasteiger partial charge in [0.05, 0.1) is 6.61 Å². The number of rotatable bonds is 9. The molecule has 0 rings (SSSR count). The summed E-state index contributed by atoms with van der Waals surface area (Å²) in [5.41, 5.74) is 0. The SMILES string of the molecule is CN=C(NCCCCCOC)NCCOC.I. The van der Waals surface area contributed by atoms with E-state index in [2.05, 4.69) is 15.6 Å². The average molecular weight is 359 g/mol. The Morgan fingerprint density at radius 3 is 2.18 bits per heavy atom. The van der Waals surface area contributed by atoms with E-state index >= 15 is 0 Å². The predicted octanol–water partition coefficient (Wildman–Crippen LogP) is 1.23. The Hall–Kier alpha value is -0.0800. The van der Waals surface area contributed by atoms with E-state index in [0.29, 0.717) is 6.61 Å². The first kappa shape index (κ1) is 19.3. The number of unbranched alkanes of at least 4 members (excludes halogenated alkanes) is 2. The molecule has 0 aromatic carbocycles. The first-order chi connectivity index (χ1) is 7.85. The van der Waals surface area contributed by atoms with Gasteiger partial charge in [0, 0.05) is 41.0 Å². The summed E-state index contributed by atoms with van der Waals surface area (Å²) in [5.74, 6) is 0.837. The second-order valence-corrected chi connectivity index (χ2v) is 3.47. The van der Waals surface area contributed by atoms with E-state index < -0.39 is 0 Å². The first-order valence-corrected chi connectivity index (χ1v) is 5.77. The maximum atomic E-state index is 4.99. The Balaban J connectivity index is 0. The molecular formula is C11H26IN3O2. The van der Waals surface area contributed by atoms with E-state index in [1.54, 1.807) is 21.3 Å². The smallest absolute Gasteiger partial charge is 0.191 e. The number of methoxy groups -OCH3 is 2. The summed E-state index contributed by atoms with van der Waals surface area (Å²) in [6.45, 7) is 3.26. The lowest BCUT2D eigenvalue weighted by molar-refractivity contribution is 0.192. The Bertz CT molecular complexity index is 180. The van der Waals surface area contributed by atoms with Crippen molar-refractivity contribution in [1.82, 2.24) is 10.6 Å². The van der Waals surface area contributed by atoms with Crippen molar-refractivity contribution in [3.8, 4) is 0 Å². The van der Waals surface area contributed by atoms with Gasteiger partial charge in [-0.1, -0.05) is 0 Å². The summed E-state index contributed by atoms with van der Waals surface area (Å²) in [6.07, 6.45) is 3.43. The molecule has 0 aromatic heterocycles. The molecule has 0 saturated carbocycles. The lowest BCUT2D eigenvalue weighted by Crippen LogP contribution is -2.39. The number of hydrogen-bond acceptors (Lipinski definition) is 3. The molecule has 0 aliphatic rings. The van der Waals surface area contributed by atoms with Crippen LogP contribution in [0.25, 0.3) is 0 Å². The van der Waals surface area contributed by atoms with E-state index in [1.165, 1.54) is 6.42 Å². The van der Waals surface area contributed by atoms with Gasteiger partial charge in [0.15, 0.2) is 5.96 Å². The zero-order chi connectivity index (χ0) is 12.1. The molecular weight excluding hydrogens is 333 g/mol. The van der Waals surface area contributed by atoms with E-state index in [1.807, 2.05) is 0 Å². The Morgan fingerprint density at radius 1 is 0.941 bits per heavy atom. The number of guanidine groups is 1. The number of aliphatic imine (C=N–C) groups is 1. The molecule has 104 valence electrons. The van der Waals surface area contributed by atoms with Crippen molar-refractivity contribution < 1.29 is 9.47 Å². The highest BCUT2D eigenvalue weighted by Crippen LogP contribution is 1.93.